The van der Waals surface area contributed by atoms with E-state index < -0.39 is 10.8 Å². The Balaban J connectivity index is 1.40. The van der Waals surface area contributed by atoms with E-state index in [-0.39, 0.29) is 22.6 Å². The van der Waals surface area contributed by atoms with Crippen molar-refractivity contribution >= 4 is 23.2 Å². The maximum absolute atomic E-state index is 12.6. The largest absolute Gasteiger partial charge is 0.377 e. The van der Waals surface area contributed by atoms with Gasteiger partial charge in [0.1, 0.15) is 0 Å². The van der Waals surface area contributed by atoms with E-state index in [4.69, 9.17) is 0 Å². The summed E-state index contributed by atoms with van der Waals surface area (Å²) in [5, 5.41) is 11.1. The van der Waals surface area contributed by atoms with Gasteiger partial charge in [-0.3, -0.25) is 30.6 Å². The SMILES string of the molecule is CN(C)c1ccc([N+](=O)[O-])cc1C(=O)NNC(=O)CC12CC3CC(CC(C3)C1)C2. The van der Waals surface area contributed by atoms with Crippen LogP contribution in [0.25, 0.3) is 0 Å². The first-order valence-corrected chi connectivity index (χ1v) is 10.3. The normalized spacial score (nSPS) is 29.4. The third-order valence-electron chi connectivity index (χ3n) is 6.93. The van der Waals surface area contributed by atoms with Crippen LogP contribution in [0.1, 0.15) is 55.3 Å². The number of nitro benzene ring substituents is 1. The Labute approximate surface area is 170 Å². The second-order valence-corrected chi connectivity index (χ2v) is 9.45. The number of benzene rings is 1. The molecule has 156 valence electrons. The maximum atomic E-state index is 12.6. The first-order valence-electron chi connectivity index (χ1n) is 10.3. The highest BCUT2D eigenvalue weighted by molar-refractivity contribution is 6.01. The van der Waals surface area contributed by atoms with Gasteiger partial charge in [0, 0.05) is 38.3 Å². The highest BCUT2D eigenvalue weighted by Gasteiger charge is 2.51. The van der Waals surface area contributed by atoms with Gasteiger partial charge in [-0.05, 0) is 67.8 Å². The fourth-order valence-electron chi connectivity index (χ4n) is 6.29. The number of nitrogens with zero attached hydrogens (tertiary/aromatic N) is 2. The predicted molar refractivity (Wildman–Crippen MR) is 108 cm³/mol. The number of anilines is 1. The minimum absolute atomic E-state index is 0.0872. The van der Waals surface area contributed by atoms with E-state index in [1.165, 1.54) is 37.5 Å². The summed E-state index contributed by atoms with van der Waals surface area (Å²) in [5.41, 5.74) is 5.62. The monoisotopic (exact) mass is 400 g/mol. The number of amides is 2. The van der Waals surface area contributed by atoms with E-state index >= 15 is 0 Å². The van der Waals surface area contributed by atoms with Crippen LogP contribution in [0.2, 0.25) is 0 Å². The van der Waals surface area contributed by atoms with Crippen molar-refractivity contribution in [3.8, 4) is 0 Å². The zero-order chi connectivity index (χ0) is 20.8. The lowest BCUT2D eigenvalue weighted by Gasteiger charge is -2.56. The van der Waals surface area contributed by atoms with Gasteiger partial charge in [-0.2, -0.15) is 0 Å². The Morgan fingerprint density at radius 3 is 2.21 bits per heavy atom. The summed E-state index contributed by atoms with van der Waals surface area (Å²) in [4.78, 5) is 37.5. The van der Waals surface area contributed by atoms with Crippen molar-refractivity contribution < 1.29 is 14.5 Å². The standard InChI is InChI=1S/C21H28N4O4/c1-24(2)18-4-3-16(25(28)29)8-17(18)20(27)23-22-19(26)12-21-9-13-5-14(10-21)7-15(6-13)11-21/h3-4,8,13-15H,5-7,9-12H2,1-2H3,(H,22,26)(H,23,27). The van der Waals surface area contributed by atoms with Gasteiger partial charge >= 0.3 is 0 Å². The third-order valence-corrected chi connectivity index (χ3v) is 6.93. The fourth-order valence-corrected chi connectivity index (χ4v) is 6.29. The molecule has 4 saturated carbocycles. The first-order chi connectivity index (χ1) is 13.7. The van der Waals surface area contributed by atoms with Crippen molar-refractivity contribution in [2.45, 2.75) is 44.9 Å². The number of hydrazine groups is 1. The molecule has 4 aliphatic rings. The topological polar surface area (TPSA) is 105 Å². The molecule has 0 heterocycles. The van der Waals surface area contributed by atoms with Crippen LogP contribution in [-0.2, 0) is 4.79 Å². The van der Waals surface area contributed by atoms with Crippen LogP contribution >= 0.6 is 0 Å². The highest BCUT2D eigenvalue weighted by atomic mass is 16.6. The zero-order valence-corrected chi connectivity index (χ0v) is 16.9. The molecule has 0 spiro atoms. The lowest BCUT2D eigenvalue weighted by atomic mass is 9.49. The van der Waals surface area contributed by atoms with Crippen LogP contribution < -0.4 is 15.8 Å². The van der Waals surface area contributed by atoms with Crippen molar-refractivity contribution in [1.82, 2.24) is 10.9 Å². The number of nitro groups is 1. The van der Waals surface area contributed by atoms with Crippen molar-refractivity contribution in [2.75, 3.05) is 19.0 Å². The van der Waals surface area contributed by atoms with Gasteiger partial charge in [0.25, 0.3) is 11.6 Å². The summed E-state index contributed by atoms with van der Waals surface area (Å²) in [6.07, 6.45) is 7.75. The number of hydrogen-bond donors (Lipinski definition) is 2. The quantitative estimate of drug-likeness (QED) is 0.584. The molecule has 2 N–H and O–H groups in total. The Hall–Kier alpha value is -2.64. The average Bonchev–Trinajstić information content (AvgIpc) is 2.64. The molecular weight excluding hydrogens is 372 g/mol. The molecule has 4 aliphatic carbocycles. The predicted octanol–water partition coefficient (Wildman–Crippen LogP) is 3.03. The van der Waals surface area contributed by atoms with E-state index in [9.17, 15) is 19.7 Å². The molecule has 0 radical (unpaired) electrons. The smallest absolute Gasteiger partial charge is 0.272 e. The van der Waals surface area contributed by atoms with E-state index in [1.807, 2.05) is 0 Å². The van der Waals surface area contributed by atoms with Crippen LogP contribution in [-0.4, -0.2) is 30.8 Å². The van der Waals surface area contributed by atoms with Crippen molar-refractivity contribution in [2.24, 2.45) is 23.2 Å². The lowest BCUT2D eigenvalue weighted by molar-refractivity contribution is -0.384. The molecule has 8 nitrogen and oxygen atoms in total. The van der Waals surface area contributed by atoms with Crippen LogP contribution in [0.4, 0.5) is 11.4 Å². The number of carbonyl (C=O) groups excluding carboxylic acids is 2. The molecule has 0 atom stereocenters. The van der Waals surface area contributed by atoms with Crippen molar-refractivity contribution in [3.05, 3.63) is 33.9 Å². The number of nitrogens with one attached hydrogen (secondary N) is 2. The second kappa shape index (κ2) is 7.31. The van der Waals surface area contributed by atoms with Gasteiger partial charge in [-0.15, -0.1) is 0 Å². The van der Waals surface area contributed by atoms with Crippen LogP contribution in [0.5, 0.6) is 0 Å². The first kappa shape index (κ1) is 19.7. The molecular formula is C21H28N4O4. The second-order valence-electron chi connectivity index (χ2n) is 9.45. The summed E-state index contributed by atoms with van der Waals surface area (Å²) < 4.78 is 0. The summed E-state index contributed by atoms with van der Waals surface area (Å²) in [7, 11) is 3.51. The molecule has 29 heavy (non-hydrogen) atoms. The lowest BCUT2D eigenvalue weighted by Crippen LogP contribution is -2.50. The molecule has 0 aromatic heterocycles. The average molecular weight is 400 g/mol. The zero-order valence-electron chi connectivity index (χ0n) is 16.9. The van der Waals surface area contributed by atoms with Crippen molar-refractivity contribution in [1.29, 1.82) is 0 Å². The Morgan fingerprint density at radius 2 is 1.69 bits per heavy atom. The molecule has 0 saturated heterocycles. The number of carbonyl (C=O) groups is 2. The number of hydrogen-bond acceptors (Lipinski definition) is 5. The van der Waals surface area contributed by atoms with Crippen LogP contribution in [0.15, 0.2) is 18.2 Å². The summed E-state index contributed by atoms with van der Waals surface area (Å²) in [6.45, 7) is 0. The van der Waals surface area contributed by atoms with Gasteiger partial charge in [0.2, 0.25) is 5.91 Å². The minimum atomic E-state index is -0.559. The summed E-state index contributed by atoms with van der Waals surface area (Å²) in [5.74, 6) is 1.54. The fraction of sp³-hybridized carbons (Fsp3) is 0.619. The van der Waals surface area contributed by atoms with E-state index in [0.29, 0.717) is 12.1 Å². The van der Waals surface area contributed by atoms with Gasteiger partial charge < -0.3 is 4.90 Å². The van der Waals surface area contributed by atoms with E-state index in [0.717, 1.165) is 37.0 Å². The van der Waals surface area contributed by atoms with Gasteiger partial charge in [0.05, 0.1) is 10.5 Å². The molecule has 5 rings (SSSR count). The Kier molecular flexibility index (Phi) is 4.96. The molecule has 1 aromatic carbocycles. The van der Waals surface area contributed by atoms with E-state index in [2.05, 4.69) is 10.9 Å². The molecule has 0 unspecified atom stereocenters. The van der Waals surface area contributed by atoms with Gasteiger partial charge in [0.15, 0.2) is 0 Å². The summed E-state index contributed by atoms with van der Waals surface area (Å²) >= 11 is 0. The molecule has 8 heteroatoms. The molecule has 0 aliphatic heterocycles. The third kappa shape index (κ3) is 3.93. The van der Waals surface area contributed by atoms with Crippen LogP contribution in [0, 0.1) is 33.3 Å². The Bertz CT molecular complexity index is 816. The van der Waals surface area contributed by atoms with Gasteiger partial charge in [-0.1, -0.05) is 0 Å². The molecule has 2 amide bonds. The Morgan fingerprint density at radius 1 is 1.10 bits per heavy atom. The van der Waals surface area contributed by atoms with Crippen molar-refractivity contribution in [3.63, 3.8) is 0 Å². The van der Waals surface area contributed by atoms with Crippen LogP contribution in [0.3, 0.4) is 0 Å². The number of non-ortho nitro benzene ring substituents is 1. The minimum Gasteiger partial charge on any atom is -0.377 e. The molecule has 1 aromatic rings. The number of rotatable bonds is 5. The van der Waals surface area contributed by atoms with E-state index in [1.54, 1.807) is 19.0 Å². The molecule has 4 fully saturated rings. The highest BCUT2D eigenvalue weighted by Crippen LogP contribution is 2.61. The van der Waals surface area contributed by atoms with Gasteiger partial charge in [-0.25, -0.2) is 0 Å². The summed E-state index contributed by atoms with van der Waals surface area (Å²) in [6, 6.07) is 4.12. The maximum Gasteiger partial charge on any atom is 0.272 e. The molecule has 4 bridgehead atoms.